The molecule has 1 unspecified atom stereocenters. The Morgan fingerprint density at radius 1 is 1.34 bits per heavy atom. The van der Waals surface area contributed by atoms with Crippen molar-refractivity contribution in [3.05, 3.63) is 62.3 Å². The number of aromatic hydroxyl groups is 1. The van der Waals surface area contributed by atoms with E-state index >= 15 is 0 Å². The molecule has 1 aromatic carbocycles. The van der Waals surface area contributed by atoms with Crippen molar-refractivity contribution in [3.8, 4) is 5.75 Å². The first kappa shape index (κ1) is 20.7. The van der Waals surface area contributed by atoms with Gasteiger partial charge in [-0.1, -0.05) is 34.4 Å². The Balaban J connectivity index is 2.04. The Kier molecular flexibility index (Phi) is 5.81. The minimum atomic E-state index is -0.790. The Bertz CT molecular complexity index is 1090. The molecule has 1 atom stereocenters. The third-order valence-electron chi connectivity index (χ3n) is 4.46. The van der Waals surface area contributed by atoms with E-state index in [0.717, 1.165) is 4.57 Å². The summed E-state index contributed by atoms with van der Waals surface area (Å²) in [5.74, 6) is -1.43. The monoisotopic (exact) mass is 437 g/mol. The second kappa shape index (κ2) is 8.14. The zero-order valence-electron chi connectivity index (χ0n) is 15.7. The van der Waals surface area contributed by atoms with Crippen LogP contribution in [0.15, 0.2) is 40.0 Å². The highest BCUT2D eigenvalue weighted by molar-refractivity contribution is 6.36. The highest BCUT2D eigenvalue weighted by Crippen LogP contribution is 2.34. The van der Waals surface area contributed by atoms with E-state index < -0.39 is 29.0 Å². The van der Waals surface area contributed by atoms with Crippen LogP contribution >= 0.6 is 23.2 Å². The Labute approximate surface area is 175 Å². The van der Waals surface area contributed by atoms with Gasteiger partial charge in [-0.25, -0.2) is 4.98 Å². The number of aromatic nitrogens is 3. The van der Waals surface area contributed by atoms with Crippen molar-refractivity contribution in [3.63, 3.8) is 0 Å². The van der Waals surface area contributed by atoms with Gasteiger partial charge in [0.1, 0.15) is 12.0 Å². The molecule has 0 radical (unpaired) electrons. The number of hydrogen-bond acceptors (Lipinski definition) is 7. The van der Waals surface area contributed by atoms with E-state index in [1.807, 2.05) is 6.92 Å². The van der Waals surface area contributed by atoms with Gasteiger partial charge in [-0.2, -0.15) is 0 Å². The maximum atomic E-state index is 12.5. The standard InChI is InChI=1S/C18H17Cl2N5O4/c1-9(13-11(19)5-4-6-12(13)20)24(2)18-23-14(15(26)17(28)25(18)3)16(27)22-10-7-21-29-8-10/h4-9,26H,1-3H3,(H,22,27). The molecule has 29 heavy (non-hydrogen) atoms. The van der Waals surface area contributed by atoms with Crippen LogP contribution in [0, 0.1) is 0 Å². The lowest BCUT2D eigenvalue weighted by Crippen LogP contribution is -2.33. The van der Waals surface area contributed by atoms with E-state index in [9.17, 15) is 14.7 Å². The number of nitrogens with one attached hydrogen (secondary N) is 1. The highest BCUT2D eigenvalue weighted by Gasteiger charge is 2.26. The zero-order chi connectivity index (χ0) is 21.3. The Hall–Kier alpha value is -3.04. The molecule has 2 N–H and O–H groups in total. The number of hydrogen-bond donors (Lipinski definition) is 2. The van der Waals surface area contributed by atoms with Gasteiger partial charge in [0, 0.05) is 29.7 Å². The minimum Gasteiger partial charge on any atom is -0.501 e. The van der Waals surface area contributed by atoms with Crippen LogP contribution in [0.2, 0.25) is 10.0 Å². The summed E-state index contributed by atoms with van der Waals surface area (Å²) in [5.41, 5.74) is -0.331. The molecular formula is C18H17Cl2N5O4. The molecule has 0 aliphatic rings. The van der Waals surface area contributed by atoms with Gasteiger partial charge in [0.15, 0.2) is 5.69 Å². The van der Waals surface area contributed by atoms with Crippen LogP contribution in [0.25, 0.3) is 0 Å². The molecule has 152 valence electrons. The maximum Gasteiger partial charge on any atom is 0.297 e. The van der Waals surface area contributed by atoms with Crippen LogP contribution in [0.1, 0.15) is 29.0 Å². The van der Waals surface area contributed by atoms with Crippen LogP contribution in [0.5, 0.6) is 5.75 Å². The van der Waals surface area contributed by atoms with Gasteiger partial charge in [0.2, 0.25) is 11.7 Å². The number of benzene rings is 1. The smallest absolute Gasteiger partial charge is 0.297 e. The number of halogens is 2. The van der Waals surface area contributed by atoms with E-state index in [-0.39, 0.29) is 11.6 Å². The molecule has 0 fully saturated rings. The van der Waals surface area contributed by atoms with Crippen molar-refractivity contribution in [2.24, 2.45) is 7.05 Å². The van der Waals surface area contributed by atoms with Crippen molar-refractivity contribution in [2.75, 3.05) is 17.3 Å². The first-order valence-electron chi connectivity index (χ1n) is 8.39. The fraction of sp³-hybridized carbons (Fsp3) is 0.222. The van der Waals surface area contributed by atoms with Crippen LogP contribution in [-0.2, 0) is 7.05 Å². The Morgan fingerprint density at radius 2 is 2.00 bits per heavy atom. The first-order valence-corrected chi connectivity index (χ1v) is 9.15. The number of carbonyl (C=O) groups is 1. The van der Waals surface area contributed by atoms with Gasteiger partial charge in [-0.3, -0.25) is 14.2 Å². The molecule has 0 spiro atoms. The lowest BCUT2D eigenvalue weighted by molar-refractivity contribution is 0.101. The molecule has 0 aliphatic carbocycles. The summed E-state index contributed by atoms with van der Waals surface area (Å²) < 4.78 is 5.77. The van der Waals surface area contributed by atoms with E-state index in [1.165, 1.54) is 19.5 Å². The zero-order valence-corrected chi connectivity index (χ0v) is 17.2. The van der Waals surface area contributed by atoms with Crippen molar-refractivity contribution >= 4 is 40.7 Å². The second-order valence-corrected chi connectivity index (χ2v) is 7.08. The molecule has 2 heterocycles. The summed E-state index contributed by atoms with van der Waals surface area (Å²) in [7, 11) is 3.11. The predicted molar refractivity (Wildman–Crippen MR) is 109 cm³/mol. The third kappa shape index (κ3) is 3.92. The molecule has 0 bridgehead atoms. The lowest BCUT2D eigenvalue weighted by Gasteiger charge is -2.29. The third-order valence-corrected chi connectivity index (χ3v) is 5.12. The largest absolute Gasteiger partial charge is 0.501 e. The summed E-state index contributed by atoms with van der Waals surface area (Å²) >= 11 is 12.6. The van der Waals surface area contributed by atoms with E-state index in [2.05, 4.69) is 20.0 Å². The quantitative estimate of drug-likeness (QED) is 0.629. The number of anilines is 2. The minimum absolute atomic E-state index is 0.131. The molecule has 0 saturated heterocycles. The van der Waals surface area contributed by atoms with E-state index in [4.69, 9.17) is 23.2 Å². The topological polar surface area (TPSA) is 113 Å². The van der Waals surface area contributed by atoms with Gasteiger partial charge >= 0.3 is 0 Å². The van der Waals surface area contributed by atoms with Gasteiger partial charge in [-0.05, 0) is 19.1 Å². The van der Waals surface area contributed by atoms with E-state index in [1.54, 1.807) is 30.1 Å². The summed E-state index contributed by atoms with van der Waals surface area (Å²) in [6, 6.07) is 4.73. The highest BCUT2D eigenvalue weighted by atomic mass is 35.5. The number of nitrogens with zero attached hydrogens (tertiary/aromatic N) is 4. The van der Waals surface area contributed by atoms with Gasteiger partial charge < -0.3 is 19.8 Å². The van der Waals surface area contributed by atoms with Gasteiger partial charge in [0.05, 0.1) is 12.2 Å². The summed E-state index contributed by atoms with van der Waals surface area (Å²) in [6.45, 7) is 1.82. The molecule has 11 heteroatoms. The average molecular weight is 438 g/mol. The molecule has 3 aromatic rings. The number of rotatable bonds is 5. The van der Waals surface area contributed by atoms with Crippen LogP contribution in [0.4, 0.5) is 11.6 Å². The van der Waals surface area contributed by atoms with Crippen LogP contribution in [0.3, 0.4) is 0 Å². The average Bonchev–Trinajstić information content (AvgIpc) is 3.18. The molecule has 1 amide bonds. The van der Waals surface area contributed by atoms with Crippen LogP contribution in [-0.4, -0.2) is 32.8 Å². The predicted octanol–water partition coefficient (Wildman–Crippen LogP) is 3.23. The molecule has 9 nitrogen and oxygen atoms in total. The summed E-state index contributed by atoms with van der Waals surface area (Å²) in [4.78, 5) is 30.8. The van der Waals surface area contributed by atoms with E-state index in [0.29, 0.717) is 15.6 Å². The number of amides is 1. The molecule has 3 rings (SSSR count). The fourth-order valence-electron chi connectivity index (χ4n) is 2.79. The van der Waals surface area contributed by atoms with Crippen molar-refractivity contribution in [2.45, 2.75) is 13.0 Å². The first-order chi connectivity index (χ1) is 13.7. The van der Waals surface area contributed by atoms with Crippen molar-refractivity contribution in [1.82, 2.24) is 14.7 Å². The molecule has 0 saturated carbocycles. The molecule has 0 aliphatic heterocycles. The number of carbonyl (C=O) groups excluding carboxylic acids is 1. The normalized spacial score (nSPS) is 11.9. The van der Waals surface area contributed by atoms with Gasteiger partial charge in [0.25, 0.3) is 11.5 Å². The Morgan fingerprint density at radius 3 is 2.59 bits per heavy atom. The molecule has 2 aromatic heterocycles. The maximum absolute atomic E-state index is 12.5. The summed E-state index contributed by atoms with van der Waals surface area (Å²) in [6.07, 6.45) is 2.47. The second-order valence-electron chi connectivity index (χ2n) is 6.26. The van der Waals surface area contributed by atoms with Crippen molar-refractivity contribution in [1.29, 1.82) is 0 Å². The lowest BCUT2D eigenvalue weighted by atomic mass is 10.1. The molecular weight excluding hydrogens is 421 g/mol. The van der Waals surface area contributed by atoms with Crippen LogP contribution < -0.4 is 15.8 Å². The van der Waals surface area contributed by atoms with Crippen molar-refractivity contribution < 1.29 is 14.4 Å². The SMILES string of the molecule is CC(c1c(Cl)cccc1Cl)N(C)c1nc(C(=O)Nc2cnoc2)c(O)c(=O)n1C. The summed E-state index contributed by atoms with van der Waals surface area (Å²) in [5, 5.41) is 17.0. The fourth-order valence-corrected chi connectivity index (χ4v) is 3.50. The van der Waals surface area contributed by atoms with Gasteiger partial charge in [-0.15, -0.1) is 0 Å².